The SMILES string of the molecule is Nc1nc(Oc2cc(F)c(Cl)cc2Br)c2ccsc2n1. The van der Waals surface area contributed by atoms with Gasteiger partial charge in [-0.05, 0) is 33.4 Å². The van der Waals surface area contributed by atoms with Crippen molar-refractivity contribution in [2.75, 3.05) is 5.73 Å². The van der Waals surface area contributed by atoms with Gasteiger partial charge in [0.1, 0.15) is 16.4 Å². The highest BCUT2D eigenvalue weighted by atomic mass is 79.9. The molecule has 8 heteroatoms. The molecular weight excluding hydrogens is 369 g/mol. The number of nitrogen functional groups attached to an aromatic ring is 1. The summed E-state index contributed by atoms with van der Waals surface area (Å²) in [6.45, 7) is 0. The number of aromatic nitrogens is 2. The van der Waals surface area contributed by atoms with Crippen molar-refractivity contribution in [3.63, 3.8) is 0 Å². The molecule has 0 aliphatic heterocycles. The van der Waals surface area contributed by atoms with Gasteiger partial charge in [0, 0.05) is 6.07 Å². The third-order valence-electron chi connectivity index (χ3n) is 2.49. The van der Waals surface area contributed by atoms with Gasteiger partial charge in [-0.3, -0.25) is 0 Å². The summed E-state index contributed by atoms with van der Waals surface area (Å²) in [5.74, 6) is 0.0580. The van der Waals surface area contributed by atoms with Crippen molar-refractivity contribution in [1.82, 2.24) is 9.97 Å². The van der Waals surface area contributed by atoms with E-state index in [1.165, 1.54) is 23.5 Å². The molecule has 0 aliphatic rings. The molecule has 3 aromatic rings. The lowest BCUT2D eigenvalue weighted by atomic mass is 10.3. The molecule has 102 valence electrons. The third-order valence-corrected chi connectivity index (χ3v) is 4.20. The Morgan fingerprint density at radius 2 is 2.15 bits per heavy atom. The molecule has 3 rings (SSSR count). The standard InChI is InChI=1S/C12H6BrClFN3OS/c13-6-3-7(14)8(15)4-9(6)19-10-5-1-2-20-11(5)18-12(16)17-10/h1-4H,(H2,16,17,18). The number of fused-ring (bicyclic) bond motifs is 1. The maximum Gasteiger partial charge on any atom is 0.232 e. The van der Waals surface area contributed by atoms with Crippen LogP contribution in [0.2, 0.25) is 5.02 Å². The van der Waals surface area contributed by atoms with Gasteiger partial charge in [-0.1, -0.05) is 11.6 Å². The second kappa shape index (κ2) is 5.16. The number of hydrogen-bond donors (Lipinski definition) is 1. The lowest BCUT2D eigenvalue weighted by Gasteiger charge is -2.09. The Morgan fingerprint density at radius 1 is 1.35 bits per heavy atom. The van der Waals surface area contributed by atoms with E-state index < -0.39 is 5.82 Å². The second-order valence-corrected chi connectivity index (χ2v) is 5.98. The van der Waals surface area contributed by atoms with E-state index in [2.05, 4.69) is 25.9 Å². The smallest absolute Gasteiger partial charge is 0.232 e. The first-order chi connectivity index (χ1) is 9.54. The van der Waals surface area contributed by atoms with Gasteiger partial charge in [-0.2, -0.15) is 4.98 Å². The molecule has 0 fully saturated rings. The van der Waals surface area contributed by atoms with E-state index in [-0.39, 0.29) is 22.6 Å². The number of rotatable bonds is 2. The van der Waals surface area contributed by atoms with Crippen LogP contribution in [0, 0.1) is 5.82 Å². The van der Waals surface area contributed by atoms with E-state index in [0.717, 1.165) is 0 Å². The van der Waals surface area contributed by atoms with Crippen LogP contribution in [0.1, 0.15) is 0 Å². The van der Waals surface area contributed by atoms with Gasteiger partial charge >= 0.3 is 0 Å². The fourth-order valence-corrected chi connectivity index (χ4v) is 3.09. The first-order valence-electron chi connectivity index (χ1n) is 5.37. The Balaban J connectivity index is 2.09. The number of halogens is 3. The van der Waals surface area contributed by atoms with Crippen molar-refractivity contribution in [2.45, 2.75) is 0 Å². The molecule has 0 saturated heterocycles. The van der Waals surface area contributed by atoms with Gasteiger partial charge < -0.3 is 10.5 Å². The van der Waals surface area contributed by atoms with Crippen molar-refractivity contribution < 1.29 is 9.13 Å². The van der Waals surface area contributed by atoms with E-state index in [1.54, 1.807) is 0 Å². The molecule has 2 N–H and O–H groups in total. The second-order valence-electron chi connectivity index (χ2n) is 3.83. The minimum absolute atomic E-state index is 0.00658. The molecular formula is C12H6BrClFN3OS. The lowest BCUT2D eigenvalue weighted by molar-refractivity contribution is 0.461. The largest absolute Gasteiger partial charge is 0.437 e. The van der Waals surface area contributed by atoms with Crippen molar-refractivity contribution >= 4 is 55.0 Å². The molecule has 0 radical (unpaired) electrons. The Labute approximate surface area is 130 Å². The fraction of sp³-hybridized carbons (Fsp3) is 0. The summed E-state index contributed by atoms with van der Waals surface area (Å²) >= 11 is 10.4. The molecule has 0 unspecified atom stereocenters. The monoisotopic (exact) mass is 373 g/mol. The number of thiophene rings is 1. The molecule has 4 nitrogen and oxygen atoms in total. The zero-order valence-electron chi connectivity index (χ0n) is 9.73. The summed E-state index contributed by atoms with van der Waals surface area (Å²) in [6.07, 6.45) is 0. The first-order valence-corrected chi connectivity index (χ1v) is 7.43. The normalized spacial score (nSPS) is 10.9. The minimum Gasteiger partial charge on any atom is -0.437 e. The third kappa shape index (κ3) is 2.44. The first kappa shape index (κ1) is 13.5. The van der Waals surface area contributed by atoms with Gasteiger partial charge in [0.15, 0.2) is 0 Å². The zero-order chi connectivity index (χ0) is 14.3. The summed E-state index contributed by atoms with van der Waals surface area (Å²) in [7, 11) is 0. The van der Waals surface area contributed by atoms with Gasteiger partial charge in [-0.25, -0.2) is 9.37 Å². The molecule has 2 aromatic heterocycles. The molecule has 0 amide bonds. The Morgan fingerprint density at radius 3 is 2.95 bits per heavy atom. The molecule has 20 heavy (non-hydrogen) atoms. The quantitative estimate of drug-likeness (QED) is 0.665. The summed E-state index contributed by atoms with van der Waals surface area (Å²) in [5.41, 5.74) is 5.63. The van der Waals surface area contributed by atoms with Crippen LogP contribution < -0.4 is 10.5 Å². The van der Waals surface area contributed by atoms with Crippen LogP contribution in [0.5, 0.6) is 11.6 Å². The van der Waals surface area contributed by atoms with Crippen LogP contribution in [0.25, 0.3) is 10.2 Å². The molecule has 2 heterocycles. The van der Waals surface area contributed by atoms with E-state index in [4.69, 9.17) is 22.1 Å². The Bertz CT molecular complexity index is 811. The number of ether oxygens (including phenoxy) is 1. The summed E-state index contributed by atoms with van der Waals surface area (Å²) in [5, 5.41) is 2.57. The van der Waals surface area contributed by atoms with E-state index in [9.17, 15) is 4.39 Å². The summed E-state index contributed by atoms with van der Waals surface area (Å²) in [6, 6.07) is 4.42. The summed E-state index contributed by atoms with van der Waals surface area (Å²) < 4.78 is 19.7. The van der Waals surface area contributed by atoms with Crippen LogP contribution in [-0.2, 0) is 0 Å². The van der Waals surface area contributed by atoms with Crippen molar-refractivity contribution in [3.05, 3.63) is 38.9 Å². The summed E-state index contributed by atoms with van der Waals surface area (Å²) in [4.78, 5) is 8.83. The van der Waals surface area contributed by atoms with Gasteiger partial charge in [0.25, 0.3) is 0 Å². The number of nitrogens with two attached hydrogens (primary N) is 1. The zero-order valence-corrected chi connectivity index (χ0v) is 12.9. The Kier molecular flexibility index (Phi) is 3.49. The lowest BCUT2D eigenvalue weighted by Crippen LogP contribution is -1.97. The van der Waals surface area contributed by atoms with Crippen molar-refractivity contribution in [1.29, 1.82) is 0 Å². The van der Waals surface area contributed by atoms with E-state index in [1.807, 2.05) is 11.4 Å². The van der Waals surface area contributed by atoms with Crippen LogP contribution in [0.4, 0.5) is 10.3 Å². The molecule has 1 aromatic carbocycles. The van der Waals surface area contributed by atoms with Gasteiger partial charge in [-0.15, -0.1) is 11.3 Å². The van der Waals surface area contributed by atoms with Crippen LogP contribution in [-0.4, -0.2) is 9.97 Å². The molecule has 0 bridgehead atoms. The molecule has 0 saturated carbocycles. The number of anilines is 1. The van der Waals surface area contributed by atoms with E-state index >= 15 is 0 Å². The van der Waals surface area contributed by atoms with Crippen LogP contribution in [0.3, 0.4) is 0 Å². The maximum absolute atomic E-state index is 13.5. The van der Waals surface area contributed by atoms with Crippen LogP contribution in [0.15, 0.2) is 28.1 Å². The van der Waals surface area contributed by atoms with Gasteiger partial charge in [0.2, 0.25) is 11.8 Å². The predicted molar refractivity (Wildman–Crippen MR) is 81.0 cm³/mol. The highest BCUT2D eigenvalue weighted by Gasteiger charge is 2.13. The maximum atomic E-state index is 13.5. The minimum atomic E-state index is -0.576. The highest BCUT2D eigenvalue weighted by molar-refractivity contribution is 9.10. The number of hydrogen-bond acceptors (Lipinski definition) is 5. The van der Waals surface area contributed by atoms with Gasteiger partial charge in [0.05, 0.1) is 14.9 Å². The Hall–Kier alpha value is -1.44. The van der Waals surface area contributed by atoms with Crippen molar-refractivity contribution in [3.8, 4) is 11.6 Å². The fourth-order valence-electron chi connectivity index (χ4n) is 1.61. The molecule has 0 atom stereocenters. The number of nitrogens with zero attached hydrogens (tertiary/aromatic N) is 2. The van der Waals surface area contributed by atoms with Crippen molar-refractivity contribution in [2.24, 2.45) is 0 Å². The molecule has 0 aliphatic carbocycles. The van der Waals surface area contributed by atoms with Crippen LogP contribution >= 0.6 is 38.9 Å². The van der Waals surface area contributed by atoms with E-state index in [0.29, 0.717) is 14.7 Å². The molecule has 0 spiro atoms. The average molecular weight is 375 g/mol. The predicted octanol–water partition coefficient (Wildman–Crippen LogP) is 4.62. The topological polar surface area (TPSA) is 61.0 Å². The highest BCUT2D eigenvalue weighted by Crippen LogP contribution is 2.36. The number of benzene rings is 1. The average Bonchev–Trinajstić information content (AvgIpc) is 2.84.